The molecule has 132 valence electrons. The van der Waals surface area contributed by atoms with Gasteiger partial charge in [-0.05, 0) is 0 Å². The van der Waals surface area contributed by atoms with Gasteiger partial charge in [0.1, 0.15) is 23.5 Å². The molecule has 1 aromatic carbocycles. The highest BCUT2D eigenvalue weighted by atomic mass is 16.6. The lowest BCUT2D eigenvalue weighted by atomic mass is 9.82. The molecule has 0 fully saturated rings. The lowest BCUT2D eigenvalue weighted by molar-refractivity contribution is -0.786. The van der Waals surface area contributed by atoms with Crippen LogP contribution in [0.15, 0.2) is 47.8 Å². The number of nitro groups is 1. The van der Waals surface area contributed by atoms with Gasteiger partial charge < -0.3 is 9.47 Å². The first-order valence-corrected chi connectivity index (χ1v) is 7.40. The quantitative estimate of drug-likeness (QED) is 0.357. The van der Waals surface area contributed by atoms with Crippen LogP contribution in [0.4, 0.5) is 5.69 Å². The molecular formula is C17H19N2O6+. The lowest BCUT2D eigenvalue weighted by Gasteiger charge is -2.31. The maximum atomic E-state index is 12.3. The molecule has 0 aliphatic carbocycles. The Labute approximate surface area is 144 Å². The van der Waals surface area contributed by atoms with Gasteiger partial charge in [-0.15, -0.1) is 0 Å². The molecule has 2 rings (SSSR count). The second kappa shape index (κ2) is 6.86. The van der Waals surface area contributed by atoms with Gasteiger partial charge in [-0.25, -0.2) is 9.59 Å². The number of hydrogen-bond acceptors (Lipinski definition) is 6. The number of nitrogens with zero attached hydrogens (tertiary/aromatic N) is 2. The fraction of sp³-hybridized carbons (Fsp3) is 0.294. The van der Waals surface area contributed by atoms with E-state index in [1.54, 1.807) is 32.6 Å². The normalized spacial score (nSPS) is 16.5. The third kappa shape index (κ3) is 3.58. The number of quaternary nitrogens is 1. The maximum Gasteiger partial charge on any atom is 0.340 e. The number of rotatable bonds is 4. The molecule has 0 bridgehead atoms. The highest BCUT2D eigenvalue weighted by Gasteiger charge is 2.42. The molecule has 8 heteroatoms. The number of esters is 2. The van der Waals surface area contributed by atoms with E-state index in [0.29, 0.717) is 0 Å². The number of nitro benzene ring substituents is 1. The number of benzene rings is 1. The minimum atomic E-state index is -0.951. The SMILES string of the molecule is COC(=O)C1=C[N+](C)(C)C=C(C(=O)OC)C1c1ccccc1[N+](=O)[O-]. The molecule has 0 saturated carbocycles. The zero-order valence-corrected chi connectivity index (χ0v) is 14.4. The van der Waals surface area contributed by atoms with Crippen molar-refractivity contribution in [2.75, 3.05) is 28.3 Å². The first-order chi connectivity index (χ1) is 11.7. The zero-order chi connectivity index (χ0) is 18.8. The van der Waals surface area contributed by atoms with E-state index in [9.17, 15) is 19.7 Å². The van der Waals surface area contributed by atoms with Gasteiger partial charge in [0.2, 0.25) is 0 Å². The predicted molar refractivity (Wildman–Crippen MR) is 88.1 cm³/mol. The van der Waals surface area contributed by atoms with Crippen molar-refractivity contribution >= 4 is 17.6 Å². The van der Waals surface area contributed by atoms with Crippen molar-refractivity contribution in [2.24, 2.45) is 0 Å². The average Bonchev–Trinajstić information content (AvgIpc) is 2.58. The Morgan fingerprint density at radius 1 is 1.04 bits per heavy atom. The summed E-state index contributed by atoms with van der Waals surface area (Å²) in [5.74, 6) is -2.28. The fourth-order valence-electron chi connectivity index (χ4n) is 2.88. The number of ether oxygens (including phenoxy) is 2. The summed E-state index contributed by atoms with van der Waals surface area (Å²) in [6, 6.07) is 5.98. The van der Waals surface area contributed by atoms with Crippen molar-refractivity contribution in [1.82, 2.24) is 0 Å². The number of methoxy groups -OCH3 is 2. The van der Waals surface area contributed by atoms with E-state index in [0.717, 1.165) is 0 Å². The standard InChI is InChI=1S/C17H19N2O6/c1-19(2)9-12(16(20)24-3)15(13(10-19)17(21)25-4)11-7-5-6-8-14(11)18(22)23/h5-10,15H,1-4H3/q+1. The van der Waals surface area contributed by atoms with Crippen molar-refractivity contribution in [3.63, 3.8) is 0 Å². The maximum absolute atomic E-state index is 12.3. The Bertz CT molecular complexity index is 758. The van der Waals surface area contributed by atoms with Crippen LogP contribution in [0.2, 0.25) is 0 Å². The van der Waals surface area contributed by atoms with Crippen LogP contribution in [0.1, 0.15) is 11.5 Å². The number of carbonyl (C=O) groups is 2. The van der Waals surface area contributed by atoms with Crippen LogP contribution in [-0.4, -0.2) is 49.7 Å². The predicted octanol–water partition coefficient (Wildman–Crippen LogP) is 1.88. The van der Waals surface area contributed by atoms with Gasteiger partial charge in [0.15, 0.2) is 0 Å². The molecule has 0 spiro atoms. The molecule has 0 aromatic heterocycles. The summed E-state index contributed by atoms with van der Waals surface area (Å²) >= 11 is 0. The van der Waals surface area contributed by atoms with E-state index < -0.39 is 22.8 Å². The van der Waals surface area contributed by atoms with Gasteiger partial charge in [-0.3, -0.25) is 14.6 Å². The van der Waals surface area contributed by atoms with E-state index in [1.165, 1.54) is 32.4 Å². The second-order valence-electron chi connectivity index (χ2n) is 6.03. The Morgan fingerprint density at radius 2 is 1.52 bits per heavy atom. The molecule has 0 amide bonds. The molecule has 0 saturated heterocycles. The van der Waals surface area contributed by atoms with Gasteiger partial charge in [-0.1, -0.05) is 18.2 Å². The summed E-state index contributed by atoms with van der Waals surface area (Å²) in [7, 11) is 5.94. The van der Waals surface area contributed by atoms with Crippen LogP contribution >= 0.6 is 0 Å². The van der Waals surface area contributed by atoms with Gasteiger partial charge >= 0.3 is 11.9 Å². The van der Waals surface area contributed by atoms with Crippen LogP contribution in [0.5, 0.6) is 0 Å². The van der Waals surface area contributed by atoms with Gasteiger partial charge in [0.25, 0.3) is 5.69 Å². The summed E-state index contributed by atoms with van der Waals surface area (Å²) in [5.41, 5.74) is 0.319. The topological polar surface area (TPSA) is 95.7 Å². The summed E-state index contributed by atoms with van der Waals surface area (Å²) in [6.07, 6.45) is 3.19. The van der Waals surface area contributed by atoms with Crippen LogP contribution in [-0.2, 0) is 19.1 Å². The van der Waals surface area contributed by atoms with E-state index in [-0.39, 0.29) is 26.9 Å². The van der Waals surface area contributed by atoms with Crippen molar-refractivity contribution in [3.8, 4) is 0 Å². The molecule has 25 heavy (non-hydrogen) atoms. The molecular weight excluding hydrogens is 328 g/mol. The van der Waals surface area contributed by atoms with Crippen molar-refractivity contribution in [3.05, 3.63) is 63.5 Å². The van der Waals surface area contributed by atoms with E-state index in [1.807, 2.05) is 0 Å². The average molecular weight is 347 g/mol. The van der Waals surface area contributed by atoms with E-state index in [4.69, 9.17) is 9.47 Å². The van der Waals surface area contributed by atoms with Crippen molar-refractivity contribution in [2.45, 2.75) is 5.92 Å². The van der Waals surface area contributed by atoms with E-state index >= 15 is 0 Å². The first kappa shape index (κ1) is 18.3. The monoisotopic (exact) mass is 347 g/mol. The minimum absolute atomic E-state index is 0.0893. The minimum Gasteiger partial charge on any atom is -0.465 e. The molecule has 1 aromatic rings. The van der Waals surface area contributed by atoms with Gasteiger partial charge in [0, 0.05) is 11.6 Å². The molecule has 1 aliphatic heterocycles. The van der Waals surface area contributed by atoms with Crippen molar-refractivity contribution in [1.29, 1.82) is 0 Å². The molecule has 0 unspecified atom stereocenters. The van der Waals surface area contributed by atoms with Crippen LogP contribution in [0.25, 0.3) is 0 Å². The van der Waals surface area contributed by atoms with Gasteiger partial charge in [-0.2, -0.15) is 0 Å². The highest BCUT2D eigenvalue weighted by Crippen LogP contribution is 2.41. The number of para-hydroxylation sites is 1. The van der Waals surface area contributed by atoms with Crippen molar-refractivity contribution < 1.29 is 28.5 Å². The molecule has 1 heterocycles. The largest absolute Gasteiger partial charge is 0.465 e. The fourth-order valence-corrected chi connectivity index (χ4v) is 2.88. The van der Waals surface area contributed by atoms with Crippen LogP contribution in [0, 0.1) is 10.1 Å². The zero-order valence-electron chi connectivity index (χ0n) is 14.4. The van der Waals surface area contributed by atoms with E-state index in [2.05, 4.69) is 0 Å². The third-order valence-corrected chi connectivity index (χ3v) is 3.85. The smallest absolute Gasteiger partial charge is 0.340 e. The highest BCUT2D eigenvalue weighted by molar-refractivity contribution is 5.98. The summed E-state index contributed by atoms with van der Waals surface area (Å²) in [6.45, 7) is 0. The number of hydrogen-bond donors (Lipinski definition) is 0. The second-order valence-corrected chi connectivity index (χ2v) is 6.03. The Morgan fingerprint density at radius 3 is 1.96 bits per heavy atom. The lowest BCUT2D eigenvalue weighted by Crippen LogP contribution is -2.36. The third-order valence-electron chi connectivity index (χ3n) is 3.85. The van der Waals surface area contributed by atoms with Crippen LogP contribution < -0.4 is 0 Å². The Kier molecular flexibility index (Phi) is 5.03. The van der Waals surface area contributed by atoms with Gasteiger partial charge in [0.05, 0.1) is 39.2 Å². The Hall–Kier alpha value is -3.00. The molecule has 0 N–H and O–H groups in total. The summed E-state index contributed by atoms with van der Waals surface area (Å²) in [4.78, 5) is 35.5. The summed E-state index contributed by atoms with van der Waals surface area (Å²) in [5, 5.41) is 11.4. The summed E-state index contributed by atoms with van der Waals surface area (Å²) < 4.78 is 9.75. The number of carbonyl (C=O) groups excluding carboxylic acids is 2. The molecule has 8 nitrogen and oxygen atoms in total. The molecule has 0 atom stereocenters. The van der Waals surface area contributed by atoms with Crippen LogP contribution in [0.3, 0.4) is 0 Å². The Balaban J connectivity index is 2.76. The molecule has 0 radical (unpaired) electrons. The molecule has 1 aliphatic rings. The first-order valence-electron chi connectivity index (χ1n) is 7.40.